The number of carbonyl (C=O) groups is 1. The quantitative estimate of drug-likeness (QED) is 0.708. The van der Waals surface area contributed by atoms with Gasteiger partial charge in [0.25, 0.3) is 0 Å². The highest BCUT2D eigenvalue weighted by Gasteiger charge is 2.06. The zero-order chi connectivity index (χ0) is 16.8. The number of amides is 1. The van der Waals surface area contributed by atoms with Crippen molar-refractivity contribution in [3.63, 3.8) is 0 Å². The molecule has 0 heterocycles. The van der Waals surface area contributed by atoms with E-state index in [1.54, 1.807) is 0 Å². The molecule has 3 aromatic carbocycles. The largest absolute Gasteiger partial charge is 0.493 e. The molecule has 3 heteroatoms. The lowest BCUT2D eigenvalue weighted by atomic mass is 10.1. The van der Waals surface area contributed by atoms with Crippen LogP contribution < -0.4 is 10.1 Å². The van der Waals surface area contributed by atoms with Crippen LogP contribution in [-0.4, -0.2) is 12.5 Å². The zero-order valence-electron chi connectivity index (χ0n) is 13.8. The van der Waals surface area contributed by atoms with Gasteiger partial charge in [0, 0.05) is 11.1 Å². The van der Waals surface area contributed by atoms with E-state index in [9.17, 15) is 4.79 Å². The molecule has 3 rings (SSSR count). The number of rotatable bonds is 6. The second-order valence-electron chi connectivity index (χ2n) is 5.67. The van der Waals surface area contributed by atoms with Gasteiger partial charge in [0.15, 0.2) is 0 Å². The summed E-state index contributed by atoms with van der Waals surface area (Å²) in [6.07, 6.45) is 1.33. The Morgan fingerprint density at radius 3 is 2.50 bits per heavy atom. The number of nitrogens with one attached hydrogen (secondary N) is 1. The molecule has 0 aromatic heterocycles. The smallest absolute Gasteiger partial charge is 0.227 e. The molecule has 24 heavy (non-hydrogen) atoms. The summed E-state index contributed by atoms with van der Waals surface area (Å²) in [5.74, 6) is 0.752. The van der Waals surface area contributed by atoms with Crippen molar-refractivity contribution < 1.29 is 9.53 Å². The fourth-order valence-corrected chi connectivity index (χ4v) is 2.63. The Bertz CT molecular complexity index is 819. The molecule has 0 aliphatic heterocycles. The molecule has 3 nitrogen and oxygen atoms in total. The highest BCUT2D eigenvalue weighted by molar-refractivity contribution is 6.02. The number of carbonyl (C=O) groups excluding carboxylic acids is 1. The summed E-state index contributed by atoms with van der Waals surface area (Å²) in [5.41, 5.74) is 2.11. The van der Waals surface area contributed by atoms with E-state index in [1.807, 2.05) is 66.7 Å². The highest BCUT2D eigenvalue weighted by atomic mass is 16.5. The Balaban J connectivity index is 1.55. The summed E-state index contributed by atoms with van der Waals surface area (Å²) < 4.78 is 5.64. The predicted molar refractivity (Wildman–Crippen MR) is 98.5 cm³/mol. The normalized spacial score (nSPS) is 10.5. The van der Waals surface area contributed by atoms with E-state index in [1.165, 1.54) is 5.56 Å². The first-order valence-electron chi connectivity index (χ1n) is 8.25. The summed E-state index contributed by atoms with van der Waals surface area (Å²) in [7, 11) is 0. The maximum Gasteiger partial charge on any atom is 0.227 e. The third-order valence-electron chi connectivity index (χ3n) is 3.99. The molecule has 0 spiro atoms. The van der Waals surface area contributed by atoms with Crippen LogP contribution in [-0.2, 0) is 11.2 Å². The summed E-state index contributed by atoms with van der Waals surface area (Å²) >= 11 is 0. The Morgan fingerprint density at radius 2 is 1.71 bits per heavy atom. The maximum absolute atomic E-state index is 12.2. The average molecular weight is 319 g/mol. The minimum absolute atomic E-state index is 0.0449. The molecule has 1 N–H and O–H groups in total. The van der Waals surface area contributed by atoms with Gasteiger partial charge in [-0.2, -0.15) is 0 Å². The maximum atomic E-state index is 12.2. The van der Waals surface area contributed by atoms with Gasteiger partial charge in [0.2, 0.25) is 5.91 Å². The highest BCUT2D eigenvalue weighted by Crippen LogP contribution is 2.23. The molecular formula is C21H21NO2. The molecule has 0 aliphatic carbocycles. The van der Waals surface area contributed by atoms with Crippen LogP contribution in [0.15, 0.2) is 66.7 Å². The van der Waals surface area contributed by atoms with Gasteiger partial charge in [-0.15, -0.1) is 0 Å². The summed E-state index contributed by atoms with van der Waals surface area (Å²) in [6, 6.07) is 21.9. The predicted octanol–water partition coefficient (Wildman–Crippen LogP) is 4.81. The third kappa shape index (κ3) is 3.93. The van der Waals surface area contributed by atoms with Gasteiger partial charge < -0.3 is 10.1 Å². The topological polar surface area (TPSA) is 38.3 Å². The first-order chi connectivity index (χ1) is 11.8. The van der Waals surface area contributed by atoms with Gasteiger partial charge in [0.1, 0.15) is 5.75 Å². The molecule has 0 atom stereocenters. The van der Waals surface area contributed by atoms with Crippen LogP contribution in [0.3, 0.4) is 0 Å². The lowest BCUT2D eigenvalue weighted by molar-refractivity contribution is -0.116. The fourth-order valence-electron chi connectivity index (χ4n) is 2.63. The molecule has 0 radical (unpaired) electrons. The van der Waals surface area contributed by atoms with Gasteiger partial charge in [-0.05, 0) is 35.6 Å². The van der Waals surface area contributed by atoms with E-state index in [0.29, 0.717) is 13.0 Å². The number of aryl methyl sites for hydroxylation is 1. The van der Waals surface area contributed by atoms with Crippen LogP contribution in [0.2, 0.25) is 0 Å². The van der Waals surface area contributed by atoms with Crippen molar-refractivity contribution >= 4 is 22.4 Å². The molecule has 122 valence electrons. The van der Waals surface area contributed by atoms with E-state index >= 15 is 0 Å². The van der Waals surface area contributed by atoms with Crippen molar-refractivity contribution in [2.45, 2.75) is 19.8 Å². The molecule has 3 aromatic rings. The molecule has 0 bridgehead atoms. The zero-order valence-corrected chi connectivity index (χ0v) is 13.8. The Kier molecular flexibility index (Phi) is 5.12. The number of hydrogen-bond acceptors (Lipinski definition) is 2. The first-order valence-corrected chi connectivity index (χ1v) is 8.25. The summed E-state index contributed by atoms with van der Waals surface area (Å²) in [6.45, 7) is 2.48. The van der Waals surface area contributed by atoms with Crippen LogP contribution in [0, 0.1) is 0 Å². The molecule has 0 saturated heterocycles. The van der Waals surface area contributed by atoms with E-state index in [2.05, 4.69) is 12.2 Å². The van der Waals surface area contributed by atoms with E-state index in [4.69, 9.17) is 4.74 Å². The molecule has 0 unspecified atom stereocenters. The van der Waals surface area contributed by atoms with Gasteiger partial charge in [-0.25, -0.2) is 0 Å². The van der Waals surface area contributed by atoms with Crippen LogP contribution in [0.5, 0.6) is 5.75 Å². The third-order valence-corrected chi connectivity index (χ3v) is 3.99. The first kappa shape index (κ1) is 16.1. The molecule has 0 aliphatic rings. The Morgan fingerprint density at radius 1 is 0.958 bits per heavy atom. The number of ether oxygens (including phenoxy) is 1. The lowest BCUT2D eigenvalue weighted by Gasteiger charge is -2.10. The van der Waals surface area contributed by atoms with Crippen LogP contribution >= 0.6 is 0 Å². The second-order valence-corrected chi connectivity index (χ2v) is 5.67. The van der Waals surface area contributed by atoms with Crippen molar-refractivity contribution in [2.75, 3.05) is 11.9 Å². The van der Waals surface area contributed by atoms with E-state index in [0.717, 1.165) is 28.6 Å². The number of hydrogen-bond donors (Lipinski definition) is 1. The average Bonchev–Trinajstić information content (AvgIpc) is 2.63. The van der Waals surface area contributed by atoms with Gasteiger partial charge in [0.05, 0.1) is 13.0 Å². The monoisotopic (exact) mass is 319 g/mol. The molecular weight excluding hydrogens is 298 g/mol. The van der Waals surface area contributed by atoms with Gasteiger partial charge in [-0.3, -0.25) is 4.79 Å². The van der Waals surface area contributed by atoms with Crippen molar-refractivity contribution in [3.05, 3.63) is 72.3 Å². The number of benzene rings is 3. The van der Waals surface area contributed by atoms with E-state index in [-0.39, 0.29) is 5.91 Å². The standard InChI is InChI=1S/C21H21NO2/c1-2-16-10-12-18(13-11-16)24-15-14-21(23)22-20-9-5-7-17-6-3-4-8-19(17)20/h3-13H,2,14-15H2,1H3,(H,22,23). The summed E-state index contributed by atoms with van der Waals surface area (Å²) in [4.78, 5) is 12.2. The molecule has 0 fully saturated rings. The van der Waals surface area contributed by atoms with Crippen molar-refractivity contribution in [2.24, 2.45) is 0 Å². The molecule has 1 amide bonds. The Hall–Kier alpha value is -2.81. The van der Waals surface area contributed by atoms with Crippen LogP contribution in [0.1, 0.15) is 18.9 Å². The van der Waals surface area contributed by atoms with Crippen LogP contribution in [0.4, 0.5) is 5.69 Å². The van der Waals surface area contributed by atoms with Gasteiger partial charge >= 0.3 is 0 Å². The number of anilines is 1. The van der Waals surface area contributed by atoms with Crippen molar-refractivity contribution in [1.82, 2.24) is 0 Å². The second kappa shape index (κ2) is 7.64. The number of fused-ring (bicyclic) bond motifs is 1. The Labute approximate surface area is 142 Å². The van der Waals surface area contributed by atoms with Crippen molar-refractivity contribution in [3.8, 4) is 5.75 Å². The fraction of sp³-hybridized carbons (Fsp3) is 0.190. The minimum Gasteiger partial charge on any atom is -0.493 e. The van der Waals surface area contributed by atoms with E-state index < -0.39 is 0 Å². The summed E-state index contributed by atoms with van der Waals surface area (Å²) in [5, 5.41) is 5.13. The van der Waals surface area contributed by atoms with Crippen LogP contribution in [0.25, 0.3) is 10.8 Å². The van der Waals surface area contributed by atoms with Gasteiger partial charge in [-0.1, -0.05) is 55.5 Å². The lowest BCUT2D eigenvalue weighted by Crippen LogP contribution is -2.15. The molecule has 0 saturated carbocycles. The SMILES string of the molecule is CCc1ccc(OCCC(=O)Nc2cccc3ccccc23)cc1. The minimum atomic E-state index is -0.0449. The van der Waals surface area contributed by atoms with Crippen molar-refractivity contribution in [1.29, 1.82) is 0 Å².